The average Bonchev–Trinajstić information content (AvgIpc) is 3.33. The number of aliphatic imine (C=N–C) groups is 1. The fraction of sp³-hybridized carbons (Fsp3) is 0.538. The van der Waals surface area contributed by atoms with Crippen LogP contribution in [-0.2, 0) is 59.2 Å². The van der Waals surface area contributed by atoms with E-state index in [1.165, 1.54) is 12.1 Å². The molecule has 0 bridgehead atoms. The van der Waals surface area contributed by atoms with Gasteiger partial charge in [-0.05, 0) is 56.3 Å². The predicted octanol–water partition coefficient (Wildman–Crippen LogP) is -7.81. The van der Waals surface area contributed by atoms with Crippen molar-refractivity contribution in [3.8, 4) is 5.75 Å². The Hall–Kier alpha value is -7.24. The second-order valence-electron chi connectivity index (χ2n) is 14.0. The first-order chi connectivity index (χ1) is 35.3. The number of guanidine groups is 1. The summed E-state index contributed by atoms with van der Waals surface area (Å²) in [5.74, 6) is -10.8. The van der Waals surface area contributed by atoms with Crippen LogP contribution in [0.1, 0.15) is 50.5 Å². The summed E-state index contributed by atoms with van der Waals surface area (Å²) in [5.41, 5.74) is 65.3. The SMILES string of the molecule is NC(=O)C[C@H](N)C(=O)O.NC(N)=NCCC[C@H](N)C(=O)O.NCC(=O)O.NCC(=O)O.NCCCC[C@H](N)C(=O)O.N[C@@H](CC(=O)O)C(=O)O.N[C@@H](CS)C(=O)O.N[C@@H](CS)C(=O)O.N[C@@H](Cc1ccc(O)cc1)C(=O)O. The van der Waals surface area contributed by atoms with Crippen LogP contribution in [0.4, 0.5) is 0 Å². The molecule has 36 nitrogen and oxygen atoms in total. The maximum atomic E-state index is 10.4. The third-order valence-corrected chi connectivity index (χ3v) is 7.89. The molecule has 0 aliphatic rings. The maximum Gasteiger partial charge on any atom is 0.321 e. The number of aliphatic carboxylic acids is 10. The molecule has 0 aliphatic heterocycles. The molecule has 0 heterocycles. The van der Waals surface area contributed by atoms with Crippen LogP contribution < -0.4 is 74.5 Å². The smallest absolute Gasteiger partial charge is 0.321 e. The van der Waals surface area contributed by atoms with E-state index >= 15 is 0 Å². The normalized spacial score (nSPS) is 12.0. The number of unbranched alkanes of at least 4 members (excludes halogenated alkanes) is 1. The van der Waals surface area contributed by atoms with E-state index in [2.05, 4.69) is 47.5 Å². The number of carboxylic acids is 10. The molecule has 1 aromatic carbocycles. The number of aromatic hydroxyl groups is 1. The molecule has 1 rings (SSSR count). The Morgan fingerprint density at radius 1 is 0.442 bits per heavy atom. The summed E-state index contributed by atoms with van der Waals surface area (Å²) in [6, 6.07) is -0.198. The number of rotatable bonds is 25. The fourth-order valence-electron chi connectivity index (χ4n) is 2.98. The van der Waals surface area contributed by atoms with Gasteiger partial charge in [0.05, 0.1) is 25.9 Å². The fourth-order valence-corrected chi connectivity index (χ4v) is 3.30. The zero-order chi connectivity index (χ0) is 62.6. The summed E-state index contributed by atoms with van der Waals surface area (Å²) in [5, 5.41) is 89.5. The van der Waals surface area contributed by atoms with Crippen molar-refractivity contribution in [2.45, 2.75) is 93.7 Å². The Labute approximate surface area is 451 Å². The van der Waals surface area contributed by atoms with Gasteiger partial charge in [0.2, 0.25) is 5.91 Å². The van der Waals surface area contributed by atoms with E-state index in [4.69, 9.17) is 114 Å². The molecule has 38 heteroatoms. The zero-order valence-corrected chi connectivity index (χ0v) is 43.3. The van der Waals surface area contributed by atoms with Crippen molar-refractivity contribution in [1.82, 2.24) is 0 Å². The Kier molecular flexibility index (Phi) is 63.4. The molecular weight excluding hydrogens is 1080 g/mol. The molecule has 0 spiro atoms. The molecule has 1 aromatic rings. The highest BCUT2D eigenvalue weighted by atomic mass is 32.1. The Morgan fingerprint density at radius 3 is 0.961 bits per heavy atom. The van der Waals surface area contributed by atoms with Crippen LogP contribution in [0.3, 0.4) is 0 Å². The monoisotopic (exact) mass is 1160 g/mol. The van der Waals surface area contributed by atoms with Gasteiger partial charge in [-0.25, -0.2) is 0 Å². The Bertz CT molecular complexity index is 1810. The molecule has 0 aliphatic carbocycles. The number of nitrogens with zero attached hydrogens (tertiary/aromatic N) is 1. The molecule has 0 aromatic heterocycles. The van der Waals surface area contributed by atoms with Crippen molar-refractivity contribution in [3.63, 3.8) is 0 Å². The maximum absolute atomic E-state index is 10.4. The topological polar surface area (TPSA) is 761 Å². The zero-order valence-electron chi connectivity index (χ0n) is 41.5. The molecule has 7 atom stereocenters. The average molecular weight is 1160 g/mol. The van der Waals surface area contributed by atoms with Crippen LogP contribution in [0, 0.1) is 0 Å². The second-order valence-corrected chi connectivity index (χ2v) is 14.8. The van der Waals surface area contributed by atoms with Gasteiger partial charge in [-0.1, -0.05) is 18.6 Å². The van der Waals surface area contributed by atoms with E-state index in [0.717, 1.165) is 18.4 Å². The van der Waals surface area contributed by atoms with Crippen LogP contribution in [0.15, 0.2) is 29.3 Å². The van der Waals surface area contributed by atoms with Crippen molar-refractivity contribution in [3.05, 3.63) is 29.8 Å². The van der Waals surface area contributed by atoms with Gasteiger partial charge in [-0.15, -0.1) is 0 Å². The van der Waals surface area contributed by atoms with E-state index in [1.54, 1.807) is 12.1 Å². The van der Waals surface area contributed by atoms with Gasteiger partial charge in [0.15, 0.2) is 5.96 Å². The molecule has 37 N–H and O–H groups in total. The van der Waals surface area contributed by atoms with Gasteiger partial charge in [0.25, 0.3) is 0 Å². The first kappa shape index (κ1) is 86.5. The van der Waals surface area contributed by atoms with Crippen molar-refractivity contribution in [2.75, 3.05) is 37.7 Å². The number of amides is 1. The highest BCUT2D eigenvalue weighted by Gasteiger charge is 2.16. The lowest BCUT2D eigenvalue weighted by Crippen LogP contribution is -2.34. The number of hydrogen-bond donors (Lipinski definition) is 26. The minimum absolute atomic E-state index is 0.0129. The summed E-state index contributed by atoms with van der Waals surface area (Å²) < 4.78 is 0. The van der Waals surface area contributed by atoms with Crippen molar-refractivity contribution >= 4 is 96.8 Å². The quantitative estimate of drug-likeness (QED) is 0.0187. The van der Waals surface area contributed by atoms with Crippen LogP contribution in [0.25, 0.3) is 0 Å². The van der Waals surface area contributed by atoms with E-state index in [-0.39, 0.29) is 49.1 Å². The molecule has 0 unspecified atom stereocenters. The van der Waals surface area contributed by atoms with Crippen molar-refractivity contribution < 1.29 is 109 Å². The van der Waals surface area contributed by atoms with E-state index in [0.29, 0.717) is 32.4 Å². The second kappa shape index (κ2) is 56.5. The van der Waals surface area contributed by atoms with Gasteiger partial charge in [0.1, 0.15) is 48.0 Å². The summed E-state index contributed by atoms with van der Waals surface area (Å²) in [6.45, 7) is 0.468. The summed E-state index contributed by atoms with van der Waals surface area (Å²) in [4.78, 5) is 112. The van der Waals surface area contributed by atoms with Gasteiger partial charge in [-0.3, -0.25) is 57.7 Å². The summed E-state index contributed by atoms with van der Waals surface area (Å²) in [6.07, 6.45) is 2.55. The number of carbonyl (C=O) groups excluding carboxylic acids is 1. The Balaban J connectivity index is -0.000000118. The van der Waals surface area contributed by atoms with Crippen molar-refractivity contribution in [2.24, 2.45) is 79.5 Å². The van der Waals surface area contributed by atoms with E-state index in [9.17, 15) is 52.7 Å². The predicted molar refractivity (Wildman–Crippen MR) is 281 cm³/mol. The van der Waals surface area contributed by atoms with Gasteiger partial charge >= 0.3 is 59.7 Å². The molecule has 1 amide bonds. The van der Waals surface area contributed by atoms with Gasteiger partial charge < -0.3 is 131 Å². The molecule has 0 radical (unpaired) electrons. The summed E-state index contributed by atoms with van der Waals surface area (Å²) in [7, 11) is 0. The number of phenolic OH excluding ortho intramolecular Hbond substituents is 1. The minimum Gasteiger partial charge on any atom is -0.508 e. The molecule has 0 fully saturated rings. The van der Waals surface area contributed by atoms with Crippen LogP contribution >= 0.6 is 25.3 Å². The number of primary amides is 1. The number of nitrogens with two attached hydrogens (primary N) is 13. The molecular formula is C39H78N14O22S2. The molecule has 0 saturated heterocycles. The Morgan fingerprint density at radius 2 is 0.753 bits per heavy atom. The van der Waals surface area contributed by atoms with Crippen molar-refractivity contribution in [1.29, 1.82) is 0 Å². The number of carbonyl (C=O) groups is 11. The molecule has 0 saturated carbocycles. The first-order valence-electron chi connectivity index (χ1n) is 21.3. The van der Waals surface area contributed by atoms with Gasteiger partial charge in [-0.2, -0.15) is 25.3 Å². The van der Waals surface area contributed by atoms with Gasteiger partial charge in [0, 0.05) is 18.1 Å². The largest absolute Gasteiger partial charge is 0.508 e. The van der Waals surface area contributed by atoms with Crippen LogP contribution in [0.5, 0.6) is 5.75 Å². The van der Waals surface area contributed by atoms with E-state index in [1.807, 2.05) is 0 Å². The highest BCUT2D eigenvalue weighted by molar-refractivity contribution is 7.80. The number of phenols is 1. The third kappa shape index (κ3) is 77.8. The third-order valence-electron chi connectivity index (χ3n) is 7.11. The van der Waals surface area contributed by atoms with Crippen LogP contribution in [0.2, 0.25) is 0 Å². The minimum atomic E-state index is -1.29. The lowest BCUT2D eigenvalue weighted by atomic mass is 10.1. The standard InChI is InChI=1S/C9H11NO3.C6H14N4O2.C6H14N2O2.C4H8N2O3.C4H7NO4.2C3H7NO2S.2C2H5NO2/c10-8(9(12)13)5-6-1-3-7(11)4-2-6;7-4(5(11)12)2-1-3-10-6(8)9;7-4-2-1-3-5(8)6(9)10;2*5-2(4(8)9)1-3(6)7;2*4-2(1-7)3(5)6;2*3-1-2(4)5/h1-4,8,11H,5,10H2,(H,12,13);4H,1-3,7H2,(H,11,12)(H4,8,9,10);5H,1-4,7-8H2,(H,9,10);2H,1,5H2,(H2,6,7)(H,8,9);2H,1,5H2,(H,6,7)(H,8,9);2*2,7H,1,4H2,(H,5,6);2*1,3H2,(H,4,5)/t8-;4-;5-;4*2-;;/m0000000../s1. The molecule has 448 valence electrons. The first-order valence-corrected chi connectivity index (χ1v) is 22.5. The summed E-state index contributed by atoms with van der Waals surface area (Å²) >= 11 is 7.30. The van der Waals surface area contributed by atoms with E-state index < -0.39 is 114 Å². The lowest BCUT2D eigenvalue weighted by Gasteiger charge is -2.05. The highest BCUT2D eigenvalue weighted by Crippen LogP contribution is 2.10. The number of hydrogen-bond acceptors (Lipinski definition) is 25. The van der Waals surface area contributed by atoms with Crippen LogP contribution in [-0.4, -0.2) is 208 Å². The number of thiol groups is 2. The number of benzene rings is 1. The molecule has 77 heavy (non-hydrogen) atoms. The number of carboxylic acid groups (broad SMARTS) is 10. The lowest BCUT2D eigenvalue weighted by molar-refractivity contribution is -0.144.